The molecule has 0 bridgehead atoms. The Labute approximate surface area is 112 Å². The van der Waals surface area contributed by atoms with Crippen LogP contribution in [0.1, 0.15) is 11.6 Å². The van der Waals surface area contributed by atoms with Crippen molar-refractivity contribution in [3.63, 3.8) is 0 Å². The van der Waals surface area contributed by atoms with Crippen LogP contribution in [0.3, 0.4) is 0 Å². The molecule has 3 N–H and O–H groups in total. The Hall–Kier alpha value is -1.79. The number of carboxylic acids is 1. The molecule has 0 aromatic heterocycles. The van der Waals surface area contributed by atoms with Crippen molar-refractivity contribution >= 4 is 5.97 Å². The van der Waals surface area contributed by atoms with Gasteiger partial charge in [-0.15, -0.1) is 0 Å². The number of carbonyl (C=O) groups is 1. The SMILES string of the molecule is COc1cc([C@H](N)C(=O)O)ccc1OCCN(C)C. The summed E-state index contributed by atoms with van der Waals surface area (Å²) >= 11 is 0. The molecular formula is C13H20N2O4. The Morgan fingerprint density at radius 2 is 2.11 bits per heavy atom. The van der Waals surface area contributed by atoms with E-state index in [1.807, 2.05) is 19.0 Å². The molecule has 0 aliphatic heterocycles. The van der Waals surface area contributed by atoms with Crippen molar-refractivity contribution in [2.75, 3.05) is 34.4 Å². The molecule has 6 heteroatoms. The summed E-state index contributed by atoms with van der Waals surface area (Å²) < 4.78 is 10.8. The number of ether oxygens (including phenoxy) is 2. The predicted octanol–water partition coefficient (Wildman–Crippen LogP) is 0.720. The zero-order valence-corrected chi connectivity index (χ0v) is 11.4. The maximum atomic E-state index is 10.8. The van der Waals surface area contributed by atoms with Gasteiger partial charge in [-0.2, -0.15) is 0 Å². The van der Waals surface area contributed by atoms with E-state index in [4.69, 9.17) is 20.3 Å². The van der Waals surface area contributed by atoms with E-state index in [0.717, 1.165) is 6.54 Å². The van der Waals surface area contributed by atoms with Crippen LogP contribution in [0.2, 0.25) is 0 Å². The number of hydrogen-bond donors (Lipinski definition) is 2. The predicted molar refractivity (Wildman–Crippen MR) is 71.6 cm³/mol. The maximum absolute atomic E-state index is 10.8. The first-order valence-electron chi connectivity index (χ1n) is 5.89. The quantitative estimate of drug-likeness (QED) is 0.758. The monoisotopic (exact) mass is 268 g/mol. The second kappa shape index (κ2) is 6.96. The highest BCUT2D eigenvalue weighted by Gasteiger charge is 2.16. The van der Waals surface area contributed by atoms with Gasteiger partial charge in [0.2, 0.25) is 0 Å². The standard InChI is InChI=1S/C13H20N2O4/c1-15(2)6-7-19-10-5-4-9(8-11(10)18-3)12(14)13(16)17/h4-5,8,12H,6-7,14H2,1-3H3,(H,16,17)/t12-/m0/s1. The van der Waals surface area contributed by atoms with Crippen LogP contribution < -0.4 is 15.2 Å². The van der Waals surface area contributed by atoms with Gasteiger partial charge < -0.3 is 25.2 Å². The summed E-state index contributed by atoms with van der Waals surface area (Å²) in [5.41, 5.74) is 6.02. The van der Waals surface area contributed by atoms with Crippen molar-refractivity contribution in [2.24, 2.45) is 5.73 Å². The number of carboxylic acid groups (broad SMARTS) is 1. The Kier molecular flexibility index (Phi) is 5.59. The number of rotatable bonds is 7. The molecule has 19 heavy (non-hydrogen) atoms. The highest BCUT2D eigenvalue weighted by Crippen LogP contribution is 2.29. The van der Waals surface area contributed by atoms with Gasteiger partial charge in [0.05, 0.1) is 7.11 Å². The minimum Gasteiger partial charge on any atom is -0.493 e. The minimum atomic E-state index is -1.08. The first-order chi connectivity index (χ1) is 8.95. The van der Waals surface area contributed by atoms with Gasteiger partial charge >= 0.3 is 5.97 Å². The number of aliphatic carboxylic acids is 1. The molecule has 0 saturated carbocycles. The summed E-state index contributed by atoms with van der Waals surface area (Å²) in [6, 6.07) is 3.83. The van der Waals surface area contributed by atoms with Crippen molar-refractivity contribution in [1.82, 2.24) is 4.90 Å². The molecule has 0 spiro atoms. The number of likely N-dealkylation sites (N-methyl/N-ethyl adjacent to an activating group) is 1. The van der Waals surface area contributed by atoms with Crippen LogP contribution in [-0.4, -0.2) is 50.3 Å². The lowest BCUT2D eigenvalue weighted by molar-refractivity contribution is -0.138. The fourth-order valence-corrected chi connectivity index (χ4v) is 1.48. The largest absolute Gasteiger partial charge is 0.493 e. The Morgan fingerprint density at radius 1 is 1.42 bits per heavy atom. The van der Waals surface area contributed by atoms with Gasteiger partial charge in [0, 0.05) is 6.54 Å². The van der Waals surface area contributed by atoms with Gasteiger partial charge in [-0.1, -0.05) is 6.07 Å². The molecule has 0 amide bonds. The fraction of sp³-hybridized carbons (Fsp3) is 0.462. The Balaban J connectivity index is 2.81. The van der Waals surface area contributed by atoms with Gasteiger partial charge in [0.25, 0.3) is 0 Å². The van der Waals surface area contributed by atoms with Crippen molar-refractivity contribution < 1.29 is 19.4 Å². The highest BCUT2D eigenvalue weighted by atomic mass is 16.5. The summed E-state index contributed by atoms with van der Waals surface area (Å²) in [6.07, 6.45) is 0. The lowest BCUT2D eigenvalue weighted by atomic mass is 10.1. The average Bonchev–Trinajstić information content (AvgIpc) is 2.37. The third-order valence-corrected chi connectivity index (χ3v) is 2.61. The Morgan fingerprint density at radius 3 is 2.63 bits per heavy atom. The molecule has 0 fully saturated rings. The maximum Gasteiger partial charge on any atom is 0.325 e. The fourth-order valence-electron chi connectivity index (χ4n) is 1.48. The van der Waals surface area contributed by atoms with Crippen LogP contribution in [0.15, 0.2) is 18.2 Å². The summed E-state index contributed by atoms with van der Waals surface area (Å²) in [5.74, 6) is -0.0259. The Bertz CT molecular complexity index is 435. The van der Waals surface area contributed by atoms with Gasteiger partial charge in [-0.05, 0) is 31.8 Å². The van der Waals surface area contributed by atoms with E-state index in [9.17, 15) is 4.79 Å². The molecule has 1 aromatic carbocycles. The van der Waals surface area contributed by atoms with Gasteiger partial charge in [-0.3, -0.25) is 4.79 Å². The number of hydrogen-bond acceptors (Lipinski definition) is 5. The van der Waals surface area contributed by atoms with Crippen LogP contribution in [0, 0.1) is 0 Å². The van der Waals surface area contributed by atoms with Gasteiger partial charge in [0.1, 0.15) is 12.6 Å². The van der Waals surface area contributed by atoms with E-state index in [1.165, 1.54) is 7.11 Å². The average molecular weight is 268 g/mol. The molecule has 0 aliphatic carbocycles. The summed E-state index contributed by atoms with van der Waals surface area (Å²) in [4.78, 5) is 12.8. The first-order valence-corrected chi connectivity index (χ1v) is 5.89. The van der Waals surface area contributed by atoms with E-state index in [-0.39, 0.29) is 0 Å². The number of benzene rings is 1. The minimum absolute atomic E-state index is 0.476. The van der Waals surface area contributed by atoms with Crippen LogP contribution in [0.5, 0.6) is 11.5 Å². The molecule has 6 nitrogen and oxygen atoms in total. The van der Waals surface area contributed by atoms with Crippen molar-refractivity contribution in [2.45, 2.75) is 6.04 Å². The lowest BCUT2D eigenvalue weighted by Gasteiger charge is -2.15. The molecule has 1 rings (SSSR count). The summed E-state index contributed by atoms with van der Waals surface area (Å²) in [6.45, 7) is 1.30. The molecule has 1 atom stereocenters. The van der Waals surface area contributed by atoms with E-state index < -0.39 is 12.0 Å². The van der Waals surface area contributed by atoms with Crippen molar-refractivity contribution in [1.29, 1.82) is 0 Å². The topological polar surface area (TPSA) is 85.0 Å². The molecule has 0 aliphatic rings. The van der Waals surface area contributed by atoms with Gasteiger partial charge in [0.15, 0.2) is 11.5 Å². The molecule has 0 radical (unpaired) electrons. The van der Waals surface area contributed by atoms with Crippen molar-refractivity contribution in [3.8, 4) is 11.5 Å². The van der Waals surface area contributed by atoms with Crippen LogP contribution in [0.25, 0.3) is 0 Å². The normalized spacial score (nSPS) is 12.3. The second-order valence-corrected chi connectivity index (χ2v) is 4.38. The molecule has 0 heterocycles. The third-order valence-electron chi connectivity index (χ3n) is 2.61. The molecule has 106 valence electrons. The van der Waals surface area contributed by atoms with E-state index in [2.05, 4.69) is 0 Å². The van der Waals surface area contributed by atoms with Crippen LogP contribution >= 0.6 is 0 Å². The van der Waals surface area contributed by atoms with E-state index in [1.54, 1.807) is 18.2 Å². The van der Waals surface area contributed by atoms with Gasteiger partial charge in [-0.25, -0.2) is 0 Å². The molecule has 1 aromatic rings. The zero-order valence-electron chi connectivity index (χ0n) is 11.4. The number of nitrogens with zero attached hydrogens (tertiary/aromatic N) is 1. The molecular weight excluding hydrogens is 248 g/mol. The second-order valence-electron chi connectivity index (χ2n) is 4.38. The molecule has 0 saturated heterocycles. The first kappa shape index (κ1) is 15.3. The summed E-state index contributed by atoms with van der Waals surface area (Å²) in [7, 11) is 5.41. The van der Waals surface area contributed by atoms with E-state index >= 15 is 0 Å². The summed E-state index contributed by atoms with van der Waals surface area (Å²) in [5, 5.41) is 8.87. The number of methoxy groups -OCH3 is 1. The van der Waals surface area contributed by atoms with Crippen LogP contribution in [-0.2, 0) is 4.79 Å². The smallest absolute Gasteiger partial charge is 0.325 e. The lowest BCUT2D eigenvalue weighted by Crippen LogP contribution is -2.21. The van der Waals surface area contributed by atoms with E-state index in [0.29, 0.717) is 23.7 Å². The third kappa shape index (κ3) is 4.42. The highest BCUT2D eigenvalue weighted by molar-refractivity contribution is 5.75. The van der Waals surface area contributed by atoms with Crippen molar-refractivity contribution in [3.05, 3.63) is 23.8 Å². The number of nitrogens with two attached hydrogens (primary N) is 1. The van der Waals surface area contributed by atoms with Crippen LogP contribution in [0.4, 0.5) is 0 Å². The molecule has 0 unspecified atom stereocenters. The zero-order chi connectivity index (χ0) is 14.4.